The molecule has 2 aromatic rings. The highest BCUT2D eigenvalue weighted by atomic mass is 32.3. The van der Waals surface area contributed by atoms with Crippen LogP contribution in [0.4, 0.5) is 0 Å². The average molecular weight is 1200 g/mol. The van der Waals surface area contributed by atoms with Crippen molar-refractivity contribution in [3.8, 4) is 23.0 Å². The molecule has 2 aromatic carbocycles. The number of amides is 1. The molecule has 83 heavy (non-hydrogen) atoms. The molecule has 1 aliphatic rings. The monoisotopic (exact) mass is 1200 g/mol. The highest BCUT2D eigenvalue weighted by Crippen LogP contribution is 2.43. The molecule has 475 valence electrons. The van der Waals surface area contributed by atoms with Crippen LogP contribution in [0.25, 0.3) is 0 Å². The average Bonchev–Trinajstić information content (AvgIpc) is 1.29. The summed E-state index contributed by atoms with van der Waals surface area (Å²) in [6.07, 6.45) is 33.2. The number of esters is 1. The van der Waals surface area contributed by atoms with Crippen molar-refractivity contribution in [3.63, 3.8) is 0 Å². The lowest BCUT2D eigenvalue weighted by atomic mass is 9.79. The number of benzene rings is 2. The molecule has 3 rings (SSSR count). The van der Waals surface area contributed by atoms with Gasteiger partial charge in [0.2, 0.25) is 10.5 Å². The number of nitrogens with one attached hydrogen (secondary N) is 1. The van der Waals surface area contributed by atoms with Crippen LogP contribution in [0.1, 0.15) is 288 Å². The van der Waals surface area contributed by atoms with E-state index in [1.165, 1.54) is 142 Å². The number of hydrogen-bond acceptors (Lipinski definition) is 13. The molecule has 1 aliphatic heterocycles. The van der Waals surface area contributed by atoms with Gasteiger partial charge in [-0.1, -0.05) is 207 Å². The second kappa shape index (κ2) is 41.6. The van der Waals surface area contributed by atoms with Gasteiger partial charge in [0.1, 0.15) is 18.2 Å². The summed E-state index contributed by atoms with van der Waals surface area (Å²) < 4.78 is 92.2. The van der Waals surface area contributed by atoms with Gasteiger partial charge in [0.15, 0.2) is 34.4 Å². The van der Waals surface area contributed by atoms with Crippen LogP contribution in [-0.2, 0) is 33.2 Å². The molecule has 5 atom stereocenters. The Morgan fingerprint density at radius 1 is 0.554 bits per heavy atom. The van der Waals surface area contributed by atoms with Gasteiger partial charge in [-0.3, -0.25) is 9.35 Å². The van der Waals surface area contributed by atoms with E-state index in [9.17, 15) is 22.6 Å². The maximum absolute atomic E-state index is 14.9. The predicted octanol–water partition coefficient (Wildman–Crippen LogP) is 16.7. The van der Waals surface area contributed by atoms with Crippen LogP contribution in [0.15, 0.2) is 36.4 Å². The summed E-state index contributed by atoms with van der Waals surface area (Å²) >= 11 is 0. The van der Waals surface area contributed by atoms with Crippen molar-refractivity contribution in [2.24, 2.45) is 0 Å². The Balaban J connectivity index is 2.03. The van der Waals surface area contributed by atoms with E-state index in [0.29, 0.717) is 49.4 Å². The fraction of sp³-hybridized carbons (Fsp3) is 0.788. The summed E-state index contributed by atoms with van der Waals surface area (Å²) in [7, 11) is -2.09. The molecule has 1 amide bonds. The van der Waals surface area contributed by atoms with Gasteiger partial charge in [-0.15, -0.1) is 0 Å². The van der Waals surface area contributed by atoms with Gasteiger partial charge in [-0.05, 0) is 96.7 Å². The topological polar surface area (TPSA) is 184 Å². The highest BCUT2D eigenvalue weighted by Gasteiger charge is 2.64. The van der Waals surface area contributed by atoms with Crippen molar-refractivity contribution in [2.75, 3.05) is 33.0 Å². The molecular formula is C66H112NO14SSi. The van der Waals surface area contributed by atoms with Gasteiger partial charge in [-0.2, -0.15) is 8.42 Å². The maximum Gasteiger partial charge on any atom is 0.397 e. The summed E-state index contributed by atoms with van der Waals surface area (Å²) in [5, 5.41) is 2.96. The smallest absolute Gasteiger partial charge is 0.397 e. The third-order valence-corrected chi connectivity index (χ3v) is 16.3. The quantitative estimate of drug-likeness (QED) is 0.0276. The summed E-state index contributed by atoms with van der Waals surface area (Å²) in [6.45, 7) is 18.6. The second-order valence-electron chi connectivity index (χ2n) is 24.2. The molecule has 0 aromatic heterocycles. The van der Waals surface area contributed by atoms with Crippen LogP contribution in [0.2, 0.25) is 0 Å². The van der Waals surface area contributed by atoms with Crippen molar-refractivity contribution in [2.45, 2.75) is 303 Å². The first-order valence-corrected chi connectivity index (χ1v) is 34.3. The summed E-state index contributed by atoms with van der Waals surface area (Å²) in [6, 6.07) is 8.16. The van der Waals surface area contributed by atoms with E-state index < -0.39 is 57.5 Å². The standard InChI is InChI=1S/C66H112NO14SSi/c1-10-14-18-22-26-30-34-38-46-73-55-44-42-53(50-57(55)75-48-40-36-32-28-24-20-16-12-3)61(68)67-63-65(8,60(80-82(70,71)72)59(52-77-64(5,6)7)78-66(63,9)81-83)79-62(69)54-43-45-56(74-47-39-35-31-27-23-19-15-11-2)58(51-54)76-49-41-37-33-29-25-21-17-13-4/h42-45,50-51,59-60,63H,10-41,46-49,52H2,1-9H3,(H,67,68)(H,70,71,72)/t59-,60-,63-,65+,66?/m1/s1. The van der Waals surface area contributed by atoms with Crippen molar-refractivity contribution < 1.29 is 64.3 Å². The molecule has 1 unspecified atom stereocenters. The van der Waals surface area contributed by atoms with E-state index in [0.717, 1.165) is 77.0 Å². The first-order valence-electron chi connectivity index (χ1n) is 32.5. The van der Waals surface area contributed by atoms with Gasteiger partial charge >= 0.3 is 16.4 Å². The summed E-state index contributed by atoms with van der Waals surface area (Å²) in [5.74, 6) is -1.79. The molecule has 1 saturated heterocycles. The number of unbranched alkanes of at least 4 members (excludes halogenated alkanes) is 28. The van der Waals surface area contributed by atoms with Crippen molar-refractivity contribution in [1.29, 1.82) is 0 Å². The molecule has 3 radical (unpaired) electrons. The third-order valence-electron chi connectivity index (χ3n) is 15.5. The van der Waals surface area contributed by atoms with E-state index >= 15 is 0 Å². The lowest BCUT2D eigenvalue weighted by Gasteiger charge is -2.55. The van der Waals surface area contributed by atoms with Crippen LogP contribution < -0.4 is 24.3 Å². The Labute approximate surface area is 506 Å². The lowest BCUT2D eigenvalue weighted by molar-refractivity contribution is -0.320. The SMILES string of the molecule is CCCCCCCCCCOc1ccc(C(=O)N[C@H]2C(C)(O[Si])O[C@H](COC(C)(C)C)[C@@H](OS(=O)(=O)O)[C@]2(C)OC(=O)c2ccc(OCCCCCCCCCC)c(OCCCCCCCCCC)c2)cc1OCCCCCCCCCC. The minimum Gasteiger partial charge on any atom is -0.490 e. The largest absolute Gasteiger partial charge is 0.490 e. The zero-order valence-corrected chi connectivity index (χ0v) is 54.8. The highest BCUT2D eigenvalue weighted by molar-refractivity contribution is 7.80. The molecule has 0 bridgehead atoms. The van der Waals surface area contributed by atoms with Crippen LogP contribution in [0.5, 0.6) is 23.0 Å². The number of carbonyl (C=O) groups is 2. The van der Waals surface area contributed by atoms with E-state index in [1.54, 1.807) is 57.2 Å². The van der Waals surface area contributed by atoms with E-state index in [4.69, 9.17) is 41.8 Å². The minimum absolute atomic E-state index is 0.0445. The van der Waals surface area contributed by atoms with Crippen LogP contribution in [0, 0.1) is 0 Å². The van der Waals surface area contributed by atoms with Crippen molar-refractivity contribution in [1.82, 2.24) is 5.32 Å². The van der Waals surface area contributed by atoms with Crippen LogP contribution >= 0.6 is 0 Å². The fourth-order valence-corrected chi connectivity index (χ4v) is 11.3. The predicted molar refractivity (Wildman–Crippen MR) is 333 cm³/mol. The normalized spacial score (nSPS) is 19.1. The zero-order valence-electron chi connectivity index (χ0n) is 53.0. The van der Waals surface area contributed by atoms with Crippen LogP contribution in [0.3, 0.4) is 0 Å². The molecule has 15 nitrogen and oxygen atoms in total. The van der Waals surface area contributed by atoms with Crippen LogP contribution in [-0.4, -0.2) is 104 Å². The van der Waals surface area contributed by atoms with Crippen molar-refractivity contribution >= 4 is 32.8 Å². The molecular weight excluding hydrogens is 1090 g/mol. The number of hydrogen-bond donors (Lipinski definition) is 2. The molecule has 0 saturated carbocycles. The molecule has 0 spiro atoms. The lowest BCUT2D eigenvalue weighted by Crippen LogP contribution is -2.77. The van der Waals surface area contributed by atoms with E-state index in [1.807, 2.05) is 0 Å². The first-order chi connectivity index (χ1) is 39.8. The van der Waals surface area contributed by atoms with Gasteiger partial charge in [0, 0.05) is 5.56 Å². The summed E-state index contributed by atoms with van der Waals surface area (Å²) in [5.41, 5.74) is -2.77. The molecule has 2 N–H and O–H groups in total. The Morgan fingerprint density at radius 2 is 0.904 bits per heavy atom. The van der Waals surface area contributed by atoms with E-state index in [-0.39, 0.29) is 17.7 Å². The summed E-state index contributed by atoms with van der Waals surface area (Å²) in [4.78, 5) is 29.8. The first kappa shape index (κ1) is 73.8. The number of carbonyl (C=O) groups excluding carboxylic acids is 2. The molecule has 0 aliphatic carbocycles. The van der Waals surface area contributed by atoms with Gasteiger partial charge in [-0.25, -0.2) is 8.98 Å². The van der Waals surface area contributed by atoms with Crippen molar-refractivity contribution in [3.05, 3.63) is 47.5 Å². The van der Waals surface area contributed by atoms with E-state index in [2.05, 4.69) is 43.5 Å². The molecule has 1 fully saturated rings. The zero-order chi connectivity index (χ0) is 60.8. The van der Waals surface area contributed by atoms with Gasteiger partial charge < -0.3 is 42.9 Å². The molecule has 1 heterocycles. The third kappa shape index (κ3) is 29.7. The number of rotatable bonds is 49. The molecule has 17 heteroatoms. The maximum atomic E-state index is 14.9. The second-order valence-corrected chi connectivity index (χ2v) is 25.5. The Bertz CT molecular complexity index is 2170. The minimum atomic E-state index is -5.29. The Kier molecular flexibility index (Phi) is 37.0. The number of ether oxygens (including phenoxy) is 7. The van der Waals surface area contributed by atoms with Gasteiger partial charge in [0.05, 0.1) is 44.2 Å². The Hall–Kier alpha value is -3.45. The Morgan fingerprint density at radius 3 is 1.27 bits per heavy atom. The van der Waals surface area contributed by atoms with Gasteiger partial charge in [0.25, 0.3) is 5.91 Å². The fourth-order valence-electron chi connectivity index (χ4n) is 10.6.